The van der Waals surface area contributed by atoms with Crippen molar-refractivity contribution in [1.29, 1.82) is 0 Å². The summed E-state index contributed by atoms with van der Waals surface area (Å²) >= 11 is 0. The number of amides is 1. The van der Waals surface area contributed by atoms with Crippen molar-refractivity contribution in [2.24, 2.45) is 0 Å². The van der Waals surface area contributed by atoms with Crippen LogP contribution in [0.2, 0.25) is 0 Å². The lowest BCUT2D eigenvalue weighted by atomic mass is 10.2. The van der Waals surface area contributed by atoms with Gasteiger partial charge in [0.25, 0.3) is 0 Å². The summed E-state index contributed by atoms with van der Waals surface area (Å²) in [4.78, 5) is 14.0. The fourth-order valence-electron chi connectivity index (χ4n) is 2.58. The highest BCUT2D eigenvalue weighted by Gasteiger charge is 2.28. The van der Waals surface area contributed by atoms with Crippen LogP contribution in [0, 0.1) is 0 Å². The molecule has 0 spiro atoms. The minimum absolute atomic E-state index is 0.241. The molecule has 116 valence electrons. The molecule has 0 aliphatic carbocycles. The summed E-state index contributed by atoms with van der Waals surface area (Å²) in [6, 6.07) is 0.354. The SMILES string of the molecule is CC(C)(C)OC(=O)N1CCCc2nn(C3COC3)cc2C1. The van der Waals surface area contributed by atoms with E-state index >= 15 is 0 Å². The van der Waals surface area contributed by atoms with Crippen LogP contribution in [0.25, 0.3) is 0 Å². The van der Waals surface area contributed by atoms with Gasteiger partial charge in [-0.1, -0.05) is 0 Å². The maximum absolute atomic E-state index is 12.2. The number of hydrogen-bond donors (Lipinski definition) is 0. The number of aromatic nitrogens is 2. The van der Waals surface area contributed by atoms with Crippen molar-refractivity contribution in [3.8, 4) is 0 Å². The molecule has 0 saturated carbocycles. The number of fused-ring (bicyclic) bond motifs is 1. The first-order valence-electron chi connectivity index (χ1n) is 7.55. The average molecular weight is 293 g/mol. The molecule has 0 N–H and O–H groups in total. The fraction of sp³-hybridized carbons (Fsp3) is 0.733. The first-order chi connectivity index (χ1) is 9.92. The number of nitrogens with zero attached hydrogens (tertiary/aromatic N) is 3. The minimum Gasteiger partial charge on any atom is -0.444 e. The average Bonchev–Trinajstić information content (AvgIpc) is 2.55. The smallest absolute Gasteiger partial charge is 0.410 e. The molecule has 2 aliphatic heterocycles. The van der Waals surface area contributed by atoms with E-state index in [1.165, 1.54) is 0 Å². The molecule has 6 nitrogen and oxygen atoms in total. The van der Waals surface area contributed by atoms with E-state index in [-0.39, 0.29) is 6.09 Å². The van der Waals surface area contributed by atoms with Crippen LogP contribution < -0.4 is 0 Å². The van der Waals surface area contributed by atoms with Gasteiger partial charge in [-0.2, -0.15) is 5.10 Å². The molecular formula is C15H23N3O3. The number of carbonyl (C=O) groups excluding carboxylic acids is 1. The van der Waals surface area contributed by atoms with Gasteiger partial charge in [-0.15, -0.1) is 0 Å². The maximum Gasteiger partial charge on any atom is 0.410 e. The van der Waals surface area contributed by atoms with E-state index in [0.29, 0.717) is 12.6 Å². The van der Waals surface area contributed by atoms with E-state index in [1.54, 1.807) is 4.90 Å². The third kappa shape index (κ3) is 3.20. The standard InChI is InChI=1S/C15H23N3O3/c1-15(2,3)21-14(19)17-6-4-5-13-11(7-17)8-18(16-13)12-9-20-10-12/h8,12H,4-7,9-10H2,1-3H3. The summed E-state index contributed by atoms with van der Waals surface area (Å²) in [5.74, 6) is 0. The van der Waals surface area contributed by atoms with Crippen LogP contribution in [-0.2, 0) is 22.4 Å². The maximum atomic E-state index is 12.2. The molecule has 3 rings (SSSR count). The van der Waals surface area contributed by atoms with E-state index in [9.17, 15) is 4.79 Å². The quantitative estimate of drug-likeness (QED) is 0.796. The highest BCUT2D eigenvalue weighted by molar-refractivity contribution is 5.68. The van der Waals surface area contributed by atoms with Gasteiger partial charge in [-0.05, 0) is 33.6 Å². The molecule has 1 saturated heterocycles. The fourth-order valence-corrected chi connectivity index (χ4v) is 2.58. The zero-order valence-electron chi connectivity index (χ0n) is 13.0. The summed E-state index contributed by atoms with van der Waals surface area (Å²) in [7, 11) is 0. The first-order valence-corrected chi connectivity index (χ1v) is 7.55. The van der Waals surface area contributed by atoms with Crippen LogP contribution in [-0.4, -0.2) is 46.1 Å². The summed E-state index contributed by atoms with van der Waals surface area (Å²) in [5.41, 5.74) is 1.78. The number of rotatable bonds is 1. The molecule has 1 aromatic heterocycles. The van der Waals surface area contributed by atoms with E-state index in [4.69, 9.17) is 9.47 Å². The van der Waals surface area contributed by atoms with Crippen molar-refractivity contribution in [3.05, 3.63) is 17.5 Å². The Hall–Kier alpha value is -1.56. The van der Waals surface area contributed by atoms with E-state index in [1.807, 2.05) is 25.5 Å². The first kappa shape index (κ1) is 14.4. The molecular weight excluding hydrogens is 270 g/mol. The molecule has 0 radical (unpaired) electrons. The lowest BCUT2D eigenvalue weighted by Gasteiger charge is -2.27. The molecule has 0 aromatic carbocycles. The van der Waals surface area contributed by atoms with Gasteiger partial charge >= 0.3 is 6.09 Å². The van der Waals surface area contributed by atoms with E-state index in [2.05, 4.69) is 11.3 Å². The van der Waals surface area contributed by atoms with E-state index in [0.717, 1.165) is 43.9 Å². The predicted octanol–water partition coefficient (Wildman–Crippen LogP) is 2.14. The summed E-state index contributed by atoms with van der Waals surface area (Å²) < 4.78 is 12.7. The molecule has 6 heteroatoms. The van der Waals surface area contributed by atoms with Crippen LogP contribution in [0.5, 0.6) is 0 Å². The predicted molar refractivity (Wildman–Crippen MR) is 77.0 cm³/mol. The van der Waals surface area contributed by atoms with Gasteiger partial charge in [-0.3, -0.25) is 4.68 Å². The second kappa shape index (κ2) is 5.33. The second-order valence-electron chi connectivity index (χ2n) is 6.78. The van der Waals surface area contributed by atoms with Gasteiger partial charge in [0.2, 0.25) is 0 Å². The van der Waals surface area contributed by atoms with Crippen LogP contribution in [0.15, 0.2) is 6.20 Å². The highest BCUT2D eigenvalue weighted by Crippen LogP contribution is 2.23. The zero-order chi connectivity index (χ0) is 15.0. The van der Waals surface area contributed by atoms with E-state index < -0.39 is 5.60 Å². The summed E-state index contributed by atoms with van der Waals surface area (Å²) in [5, 5.41) is 4.66. The number of ether oxygens (including phenoxy) is 2. The summed E-state index contributed by atoms with van der Waals surface area (Å²) in [6.07, 6.45) is 3.65. The van der Waals surface area contributed by atoms with Gasteiger partial charge < -0.3 is 14.4 Å². The number of aryl methyl sites for hydroxylation is 1. The molecule has 2 aliphatic rings. The van der Waals surface area contributed by atoms with Gasteiger partial charge in [-0.25, -0.2) is 4.79 Å². The van der Waals surface area contributed by atoms with Gasteiger partial charge in [0.05, 0.1) is 31.5 Å². The Morgan fingerprint density at radius 3 is 2.81 bits per heavy atom. The van der Waals surface area contributed by atoms with Crippen molar-refractivity contribution < 1.29 is 14.3 Å². The number of hydrogen-bond acceptors (Lipinski definition) is 4. The Bertz CT molecular complexity index is 529. The Balaban J connectivity index is 1.72. The van der Waals surface area contributed by atoms with Crippen molar-refractivity contribution in [3.63, 3.8) is 0 Å². The lowest BCUT2D eigenvalue weighted by Crippen LogP contribution is -2.36. The van der Waals surface area contributed by atoms with Crippen molar-refractivity contribution in [2.45, 2.75) is 51.8 Å². The third-order valence-electron chi connectivity index (χ3n) is 3.74. The van der Waals surface area contributed by atoms with Crippen LogP contribution >= 0.6 is 0 Å². The van der Waals surface area contributed by atoms with Crippen molar-refractivity contribution in [2.75, 3.05) is 19.8 Å². The highest BCUT2D eigenvalue weighted by atomic mass is 16.6. The second-order valence-corrected chi connectivity index (χ2v) is 6.78. The Morgan fingerprint density at radius 2 is 2.19 bits per heavy atom. The number of carbonyl (C=O) groups is 1. The molecule has 0 unspecified atom stereocenters. The molecule has 1 fully saturated rings. The Labute approximate surface area is 125 Å². The van der Waals surface area contributed by atoms with Gasteiger partial charge in [0, 0.05) is 18.3 Å². The zero-order valence-corrected chi connectivity index (χ0v) is 13.0. The van der Waals surface area contributed by atoms with Crippen molar-refractivity contribution >= 4 is 6.09 Å². The topological polar surface area (TPSA) is 56.6 Å². The minimum atomic E-state index is -0.459. The molecule has 1 aromatic rings. The molecule has 1 amide bonds. The molecule has 3 heterocycles. The molecule has 21 heavy (non-hydrogen) atoms. The van der Waals surface area contributed by atoms with Crippen LogP contribution in [0.1, 0.15) is 44.5 Å². The largest absolute Gasteiger partial charge is 0.444 e. The lowest BCUT2D eigenvalue weighted by molar-refractivity contribution is -0.0288. The van der Waals surface area contributed by atoms with Gasteiger partial charge in [0.15, 0.2) is 0 Å². The van der Waals surface area contributed by atoms with Crippen LogP contribution in [0.3, 0.4) is 0 Å². The normalized spacial score (nSPS) is 19.7. The van der Waals surface area contributed by atoms with Crippen LogP contribution in [0.4, 0.5) is 4.79 Å². The summed E-state index contributed by atoms with van der Waals surface area (Å²) in [6.45, 7) is 8.44. The molecule has 0 atom stereocenters. The monoisotopic (exact) mass is 293 g/mol. The molecule has 0 bridgehead atoms. The third-order valence-corrected chi connectivity index (χ3v) is 3.74. The Morgan fingerprint density at radius 1 is 1.43 bits per heavy atom. The Kier molecular flexibility index (Phi) is 3.65. The van der Waals surface area contributed by atoms with Crippen molar-refractivity contribution in [1.82, 2.24) is 14.7 Å². The van der Waals surface area contributed by atoms with Gasteiger partial charge in [0.1, 0.15) is 5.60 Å².